The second-order valence-electron chi connectivity index (χ2n) is 4.27. The van der Waals surface area contributed by atoms with Crippen LogP contribution in [0.1, 0.15) is 6.92 Å². The van der Waals surface area contributed by atoms with Crippen molar-refractivity contribution in [3.63, 3.8) is 0 Å². The number of anilines is 1. The summed E-state index contributed by atoms with van der Waals surface area (Å²) >= 11 is 0. The molecule has 21 heavy (non-hydrogen) atoms. The van der Waals surface area contributed by atoms with E-state index in [1.807, 2.05) is 0 Å². The van der Waals surface area contributed by atoms with Crippen molar-refractivity contribution in [3.05, 3.63) is 54.3 Å². The molecule has 0 saturated heterocycles. The fourth-order valence-corrected chi connectivity index (χ4v) is 3.30. The third kappa shape index (κ3) is 3.03. The SMILES string of the molecule is CC(=O)N(c1cccc(F)c1)S(=O)(=O)c1cccc(O)c1. The van der Waals surface area contributed by atoms with Gasteiger partial charge in [-0.2, -0.15) is 0 Å². The molecule has 0 atom stereocenters. The number of hydrogen-bond acceptors (Lipinski definition) is 4. The molecule has 0 saturated carbocycles. The van der Waals surface area contributed by atoms with Gasteiger partial charge in [0.05, 0.1) is 10.6 Å². The largest absolute Gasteiger partial charge is 0.508 e. The van der Waals surface area contributed by atoms with E-state index in [1.54, 1.807) is 0 Å². The summed E-state index contributed by atoms with van der Waals surface area (Å²) in [5, 5.41) is 9.38. The number of hydrogen-bond donors (Lipinski definition) is 1. The second-order valence-corrected chi connectivity index (χ2v) is 6.05. The van der Waals surface area contributed by atoms with Crippen LogP contribution in [0.5, 0.6) is 5.75 Å². The number of benzene rings is 2. The Bertz CT molecular complexity index is 789. The third-order valence-electron chi connectivity index (χ3n) is 2.68. The Morgan fingerprint density at radius 3 is 2.38 bits per heavy atom. The first kappa shape index (κ1) is 15.0. The summed E-state index contributed by atoms with van der Waals surface area (Å²) < 4.78 is 38.8. The molecular formula is C14H12FNO4S. The number of rotatable bonds is 3. The maximum Gasteiger partial charge on any atom is 0.271 e. The monoisotopic (exact) mass is 309 g/mol. The van der Waals surface area contributed by atoms with Gasteiger partial charge in [-0.25, -0.2) is 17.1 Å². The van der Waals surface area contributed by atoms with Crippen LogP contribution in [-0.2, 0) is 14.8 Å². The Labute approximate surface area is 121 Å². The lowest BCUT2D eigenvalue weighted by Crippen LogP contribution is -2.35. The molecule has 2 rings (SSSR count). The van der Waals surface area contributed by atoms with Crippen LogP contribution in [0, 0.1) is 5.82 Å². The van der Waals surface area contributed by atoms with Gasteiger partial charge in [0.2, 0.25) is 5.91 Å². The van der Waals surface area contributed by atoms with Crippen LogP contribution in [0.25, 0.3) is 0 Å². The molecule has 0 aliphatic carbocycles. The molecule has 0 unspecified atom stereocenters. The molecule has 0 spiro atoms. The molecule has 0 radical (unpaired) electrons. The summed E-state index contributed by atoms with van der Waals surface area (Å²) in [5.74, 6) is -1.70. The number of carbonyl (C=O) groups excluding carboxylic acids is 1. The Morgan fingerprint density at radius 2 is 1.81 bits per heavy atom. The van der Waals surface area contributed by atoms with Crippen LogP contribution >= 0.6 is 0 Å². The number of aromatic hydroxyl groups is 1. The molecule has 7 heteroatoms. The average molecular weight is 309 g/mol. The minimum atomic E-state index is -4.24. The van der Waals surface area contributed by atoms with Crippen LogP contribution in [0.4, 0.5) is 10.1 Å². The lowest BCUT2D eigenvalue weighted by Gasteiger charge is -2.21. The van der Waals surface area contributed by atoms with E-state index < -0.39 is 21.7 Å². The van der Waals surface area contributed by atoms with Gasteiger partial charge in [-0.05, 0) is 30.3 Å². The molecule has 0 fully saturated rings. The van der Waals surface area contributed by atoms with Gasteiger partial charge in [-0.1, -0.05) is 12.1 Å². The highest BCUT2D eigenvalue weighted by molar-refractivity contribution is 7.93. The minimum Gasteiger partial charge on any atom is -0.508 e. The molecule has 1 amide bonds. The van der Waals surface area contributed by atoms with Gasteiger partial charge in [0.1, 0.15) is 11.6 Å². The van der Waals surface area contributed by atoms with E-state index in [-0.39, 0.29) is 16.3 Å². The van der Waals surface area contributed by atoms with Crippen molar-refractivity contribution in [3.8, 4) is 5.75 Å². The zero-order chi connectivity index (χ0) is 15.6. The fourth-order valence-electron chi connectivity index (χ4n) is 1.84. The highest BCUT2D eigenvalue weighted by atomic mass is 32.2. The Morgan fingerprint density at radius 1 is 1.14 bits per heavy atom. The maximum atomic E-state index is 13.3. The first-order valence-electron chi connectivity index (χ1n) is 5.93. The first-order chi connectivity index (χ1) is 9.82. The van der Waals surface area contributed by atoms with Crippen molar-refractivity contribution in [2.45, 2.75) is 11.8 Å². The normalized spacial score (nSPS) is 11.1. The summed E-state index contributed by atoms with van der Waals surface area (Å²) in [4.78, 5) is 11.5. The molecule has 5 nitrogen and oxygen atoms in total. The van der Waals surface area contributed by atoms with Crippen molar-refractivity contribution in [1.29, 1.82) is 0 Å². The van der Waals surface area contributed by atoms with E-state index in [0.29, 0.717) is 4.31 Å². The lowest BCUT2D eigenvalue weighted by molar-refractivity contribution is -0.115. The number of nitrogens with zero attached hydrogens (tertiary/aromatic N) is 1. The van der Waals surface area contributed by atoms with E-state index in [2.05, 4.69) is 0 Å². The van der Waals surface area contributed by atoms with E-state index in [1.165, 1.54) is 30.3 Å². The third-order valence-corrected chi connectivity index (χ3v) is 4.48. The van der Waals surface area contributed by atoms with E-state index in [0.717, 1.165) is 25.1 Å². The molecule has 0 aliphatic rings. The molecular weight excluding hydrogens is 297 g/mol. The summed E-state index contributed by atoms with van der Waals surface area (Å²) in [6, 6.07) is 9.61. The number of phenols is 1. The Balaban J connectivity index is 2.60. The highest BCUT2D eigenvalue weighted by Crippen LogP contribution is 2.26. The quantitative estimate of drug-likeness (QED) is 0.944. The van der Waals surface area contributed by atoms with Crippen LogP contribution in [-0.4, -0.2) is 19.4 Å². The summed E-state index contributed by atoms with van der Waals surface area (Å²) in [6.07, 6.45) is 0. The van der Waals surface area contributed by atoms with Crippen LogP contribution in [0.2, 0.25) is 0 Å². The van der Waals surface area contributed by atoms with Gasteiger partial charge in [-0.15, -0.1) is 0 Å². The molecule has 110 valence electrons. The van der Waals surface area contributed by atoms with Crippen molar-refractivity contribution >= 4 is 21.6 Å². The zero-order valence-corrected chi connectivity index (χ0v) is 11.8. The van der Waals surface area contributed by atoms with Gasteiger partial charge >= 0.3 is 0 Å². The van der Waals surface area contributed by atoms with Crippen LogP contribution in [0.15, 0.2) is 53.4 Å². The molecule has 1 N–H and O–H groups in total. The van der Waals surface area contributed by atoms with Crippen molar-refractivity contribution in [1.82, 2.24) is 0 Å². The number of carbonyl (C=O) groups is 1. The Hall–Kier alpha value is -2.41. The van der Waals surface area contributed by atoms with Gasteiger partial charge in [0, 0.05) is 13.0 Å². The molecule has 0 heterocycles. The second kappa shape index (κ2) is 5.53. The van der Waals surface area contributed by atoms with E-state index in [9.17, 15) is 22.7 Å². The predicted octanol–water partition coefficient (Wildman–Crippen LogP) is 2.27. The van der Waals surface area contributed by atoms with Gasteiger partial charge in [-0.3, -0.25) is 4.79 Å². The number of halogens is 1. The molecule has 2 aromatic carbocycles. The summed E-state index contributed by atoms with van der Waals surface area (Å²) in [7, 11) is -4.24. The average Bonchev–Trinajstić information content (AvgIpc) is 2.38. The number of phenolic OH excluding ortho intramolecular Hbond substituents is 1. The van der Waals surface area contributed by atoms with Crippen molar-refractivity contribution in [2.24, 2.45) is 0 Å². The maximum absolute atomic E-state index is 13.3. The molecule has 0 aliphatic heterocycles. The summed E-state index contributed by atoms with van der Waals surface area (Å²) in [6.45, 7) is 1.06. The van der Waals surface area contributed by atoms with Crippen molar-refractivity contribution < 1.29 is 22.7 Å². The number of sulfonamides is 1. The number of amides is 1. The van der Waals surface area contributed by atoms with Crippen molar-refractivity contribution in [2.75, 3.05) is 4.31 Å². The zero-order valence-electron chi connectivity index (χ0n) is 11.0. The predicted molar refractivity (Wildman–Crippen MR) is 74.9 cm³/mol. The van der Waals surface area contributed by atoms with E-state index in [4.69, 9.17) is 0 Å². The van der Waals surface area contributed by atoms with Crippen LogP contribution < -0.4 is 4.31 Å². The Kier molecular flexibility index (Phi) is 3.95. The smallest absolute Gasteiger partial charge is 0.271 e. The molecule has 0 aromatic heterocycles. The van der Waals surface area contributed by atoms with Crippen LogP contribution in [0.3, 0.4) is 0 Å². The molecule has 2 aromatic rings. The topological polar surface area (TPSA) is 74.7 Å². The fraction of sp³-hybridized carbons (Fsp3) is 0.0714. The first-order valence-corrected chi connectivity index (χ1v) is 7.37. The van der Waals surface area contributed by atoms with Gasteiger partial charge in [0.25, 0.3) is 10.0 Å². The van der Waals surface area contributed by atoms with Gasteiger partial charge in [0.15, 0.2) is 0 Å². The van der Waals surface area contributed by atoms with E-state index >= 15 is 0 Å². The summed E-state index contributed by atoms with van der Waals surface area (Å²) in [5.41, 5.74) is -0.106. The minimum absolute atomic E-state index is 0.106. The van der Waals surface area contributed by atoms with Gasteiger partial charge < -0.3 is 5.11 Å². The highest BCUT2D eigenvalue weighted by Gasteiger charge is 2.29. The lowest BCUT2D eigenvalue weighted by atomic mass is 10.3. The molecule has 0 bridgehead atoms. The standard InChI is InChI=1S/C14H12FNO4S/c1-10(17)16(12-5-2-4-11(15)8-12)21(19,20)14-7-3-6-13(18)9-14/h2-9,18H,1H3.